The maximum absolute atomic E-state index is 12.8. The standard InChI is InChI=1S/C22H21ClN2O3S/c1-14-11-12-17(29(27,28)25-20-9-5-4-7-15(20)2)13-18(14)22(26)24-21-10-6-8-19(23)16(21)3/h4-13,25H,1-3H3,(H,24,26). The molecule has 0 radical (unpaired) electrons. The first kappa shape index (κ1) is 20.9. The molecule has 0 heterocycles. The van der Waals surface area contributed by atoms with E-state index in [1.807, 2.05) is 19.1 Å². The number of carbonyl (C=O) groups excluding carboxylic acids is 1. The molecule has 150 valence electrons. The lowest BCUT2D eigenvalue weighted by Gasteiger charge is -2.14. The molecule has 0 saturated carbocycles. The van der Waals surface area contributed by atoms with Crippen molar-refractivity contribution in [3.8, 4) is 0 Å². The lowest BCUT2D eigenvalue weighted by molar-refractivity contribution is 0.102. The number of rotatable bonds is 5. The first-order chi connectivity index (χ1) is 13.7. The van der Waals surface area contributed by atoms with Crippen LogP contribution < -0.4 is 10.0 Å². The molecule has 0 aliphatic heterocycles. The molecule has 0 fully saturated rings. The van der Waals surface area contributed by atoms with Crippen LogP contribution in [0.5, 0.6) is 0 Å². The van der Waals surface area contributed by atoms with Crippen LogP contribution in [0.15, 0.2) is 65.6 Å². The van der Waals surface area contributed by atoms with E-state index < -0.39 is 15.9 Å². The summed E-state index contributed by atoms with van der Waals surface area (Å²) in [5, 5.41) is 3.35. The van der Waals surface area contributed by atoms with Crippen LogP contribution in [0.2, 0.25) is 5.02 Å². The smallest absolute Gasteiger partial charge is 0.261 e. The second-order valence-electron chi connectivity index (χ2n) is 6.76. The highest BCUT2D eigenvalue weighted by Gasteiger charge is 2.19. The fourth-order valence-electron chi connectivity index (χ4n) is 2.84. The molecule has 0 spiro atoms. The van der Waals surface area contributed by atoms with Gasteiger partial charge in [0.05, 0.1) is 10.6 Å². The van der Waals surface area contributed by atoms with Crippen molar-refractivity contribution >= 4 is 38.9 Å². The average molecular weight is 429 g/mol. The van der Waals surface area contributed by atoms with Crippen molar-refractivity contribution in [2.75, 3.05) is 10.0 Å². The number of anilines is 2. The molecule has 29 heavy (non-hydrogen) atoms. The van der Waals surface area contributed by atoms with Crippen LogP contribution >= 0.6 is 11.6 Å². The van der Waals surface area contributed by atoms with Crippen molar-refractivity contribution in [2.45, 2.75) is 25.7 Å². The number of hydrogen-bond donors (Lipinski definition) is 2. The van der Waals surface area contributed by atoms with Gasteiger partial charge in [0.1, 0.15) is 0 Å². The van der Waals surface area contributed by atoms with Crippen molar-refractivity contribution in [1.29, 1.82) is 0 Å². The van der Waals surface area contributed by atoms with Gasteiger partial charge < -0.3 is 5.32 Å². The van der Waals surface area contributed by atoms with Crippen LogP contribution in [0.4, 0.5) is 11.4 Å². The predicted molar refractivity (Wildman–Crippen MR) is 117 cm³/mol. The van der Waals surface area contributed by atoms with E-state index in [1.54, 1.807) is 50.2 Å². The minimum absolute atomic E-state index is 0.0133. The van der Waals surface area contributed by atoms with Crippen LogP contribution in [0.3, 0.4) is 0 Å². The molecule has 0 aromatic heterocycles. The van der Waals surface area contributed by atoms with Crippen LogP contribution in [0.1, 0.15) is 27.0 Å². The van der Waals surface area contributed by atoms with Crippen molar-refractivity contribution in [3.63, 3.8) is 0 Å². The Morgan fingerprint density at radius 3 is 2.28 bits per heavy atom. The minimum Gasteiger partial charge on any atom is -0.322 e. The van der Waals surface area contributed by atoms with Gasteiger partial charge in [-0.25, -0.2) is 8.42 Å². The predicted octanol–water partition coefficient (Wildman–Crippen LogP) is 5.32. The maximum Gasteiger partial charge on any atom is 0.261 e. The summed E-state index contributed by atoms with van der Waals surface area (Å²) in [6, 6.07) is 16.8. The number of nitrogens with one attached hydrogen (secondary N) is 2. The van der Waals surface area contributed by atoms with E-state index in [1.165, 1.54) is 12.1 Å². The third kappa shape index (κ3) is 4.60. The monoisotopic (exact) mass is 428 g/mol. The quantitative estimate of drug-likeness (QED) is 0.577. The highest BCUT2D eigenvalue weighted by atomic mass is 35.5. The summed E-state index contributed by atoms with van der Waals surface area (Å²) in [6.07, 6.45) is 0. The molecule has 0 aliphatic rings. The summed E-state index contributed by atoms with van der Waals surface area (Å²) in [5.74, 6) is -0.402. The normalized spacial score (nSPS) is 11.2. The van der Waals surface area contributed by atoms with Crippen LogP contribution in [0.25, 0.3) is 0 Å². The molecule has 0 unspecified atom stereocenters. The molecule has 2 N–H and O–H groups in total. The summed E-state index contributed by atoms with van der Waals surface area (Å²) in [7, 11) is -3.85. The summed E-state index contributed by atoms with van der Waals surface area (Å²) in [4.78, 5) is 12.8. The molecular formula is C22H21ClN2O3S. The lowest BCUT2D eigenvalue weighted by atomic mass is 10.1. The van der Waals surface area contributed by atoms with Gasteiger partial charge in [-0.1, -0.05) is 41.9 Å². The van der Waals surface area contributed by atoms with E-state index in [4.69, 9.17) is 11.6 Å². The van der Waals surface area contributed by atoms with E-state index in [0.29, 0.717) is 22.0 Å². The van der Waals surface area contributed by atoms with E-state index in [9.17, 15) is 13.2 Å². The van der Waals surface area contributed by atoms with Gasteiger partial charge in [0.2, 0.25) is 0 Å². The summed E-state index contributed by atoms with van der Waals surface area (Å²) < 4.78 is 28.3. The Morgan fingerprint density at radius 1 is 0.862 bits per heavy atom. The fraction of sp³-hybridized carbons (Fsp3) is 0.136. The Hall–Kier alpha value is -2.83. The molecule has 3 aromatic rings. The molecule has 5 nitrogen and oxygen atoms in total. The van der Waals surface area contributed by atoms with Crippen molar-refractivity contribution in [3.05, 3.63) is 87.9 Å². The molecule has 0 saturated heterocycles. The number of hydrogen-bond acceptors (Lipinski definition) is 3. The van der Waals surface area contributed by atoms with Crippen LogP contribution in [-0.2, 0) is 10.0 Å². The molecule has 0 bridgehead atoms. The van der Waals surface area contributed by atoms with Gasteiger partial charge in [0.15, 0.2) is 0 Å². The zero-order chi connectivity index (χ0) is 21.2. The highest BCUT2D eigenvalue weighted by Crippen LogP contribution is 2.25. The third-order valence-corrected chi connectivity index (χ3v) is 6.44. The lowest BCUT2D eigenvalue weighted by Crippen LogP contribution is -2.17. The number of halogens is 1. The van der Waals surface area contributed by atoms with Gasteiger partial charge in [0, 0.05) is 16.3 Å². The van der Waals surface area contributed by atoms with Crippen molar-refractivity contribution in [1.82, 2.24) is 0 Å². The highest BCUT2D eigenvalue weighted by molar-refractivity contribution is 7.92. The Morgan fingerprint density at radius 2 is 1.55 bits per heavy atom. The van der Waals surface area contributed by atoms with E-state index in [2.05, 4.69) is 10.0 Å². The number of para-hydroxylation sites is 1. The van der Waals surface area contributed by atoms with Crippen LogP contribution in [-0.4, -0.2) is 14.3 Å². The molecular weight excluding hydrogens is 408 g/mol. The summed E-state index contributed by atoms with van der Waals surface area (Å²) in [5.41, 5.74) is 3.55. The third-order valence-electron chi connectivity index (χ3n) is 4.67. The average Bonchev–Trinajstić information content (AvgIpc) is 2.67. The maximum atomic E-state index is 12.8. The summed E-state index contributed by atoms with van der Waals surface area (Å²) >= 11 is 6.11. The zero-order valence-corrected chi connectivity index (χ0v) is 17.9. The SMILES string of the molecule is Cc1ccccc1NS(=O)(=O)c1ccc(C)c(C(=O)Nc2cccc(Cl)c2C)c1. The van der Waals surface area contributed by atoms with E-state index in [0.717, 1.165) is 11.1 Å². The van der Waals surface area contributed by atoms with E-state index in [-0.39, 0.29) is 10.5 Å². The molecule has 3 aromatic carbocycles. The Balaban J connectivity index is 1.92. The molecule has 1 amide bonds. The van der Waals surface area contributed by atoms with Gasteiger partial charge in [-0.05, 0) is 67.8 Å². The zero-order valence-electron chi connectivity index (χ0n) is 16.3. The Bertz CT molecular complexity index is 1190. The second kappa shape index (κ2) is 8.27. The number of amides is 1. The molecule has 7 heteroatoms. The number of carbonyl (C=O) groups is 1. The molecule has 3 rings (SSSR count). The van der Waals surface area contributed by atoms with E-state index >= 15 is 0 Å². The first-order valence-electron chi connectivity index (χ1n) is 8.94. The Kier molecular flexibility index (Phi) is 5.96. The number of aryl methyl sites for hydroxylation is 2. The topological polar surface area (TPSA) is 75.3 Å². The van der Waals surface area contributed by atoms with Gasteiger partial charge in [-0.3, -0.25) is 9.52 Å². The van der Waals surface area contributed by atoms with Gasteiger partial charge in [0.25, 0.3) is 15.9 Å². The van der Waals surface area contributed by atoms with Crippen molar-refractivity contribution in [2.24, 2.45) is 0 Å². The second-order valence-corrected chi connectivity index (χ2v) is 8.85. The molecule has 0 aliphatic carbocycles. The number of benzene rings is 3. The van der Waals surface area contributed by atoms with Gasteiger partial charge in [-0.15, -0.1) is 0 Å². The summed E-state index contributed by atoms with van der Waals surface area (Å²) in [6.45, 7) is 5.38. The minimum atomic E-state index is -3.85. The Labute approximate surface area is 175 Å². The van der Waals surface area contributed by atoms with Gasteiger partial charge >= 0.3 is 0 Å². The number of sulfonamides is 1. The first-order valence-corrected chi connectivity index (χ1v) is 10.8. The van der Waals surface area contributed by atoms with Gasteiger partial charge in [-0.2, -0.15) is 0 Å². The van der Waals surface area contributed by atoms with Crippen molar-refractivity contribution < 1.29 is 13.2 Å². The molecule has 0 atom stereocenters. The largest absolute Gasteiger partial charge is 0.322 e. The van der Waals surface area contributed by atoms with Crippen LogP contribution in [0, 0.1) is 20.8 Å². The fourth-order valence-corrected chi connectivity index (χ4v) is 4.17.